The van der Waals surface area contributed by atoms with Gasteiger partial charge in [-0.05, 0) is 19.8 Å². The first-order valence-electron chi connectivity index (χ1n) is 18.0. The third-order valence-corrected chi connectivity index (χ3v) is 8.52. The lowest BCUT2D eigenvalue weighted by Crippen LogP contribution is -2.26. The van der Waals surface area contributed by atoms with Crippen LogP contribution in [-0.2, 0) is 4.74 Å². The molecule has 0 radical (unpaired) electrons. The van der Waals surface area contributed by atoms with Gasteiger partial charge in [-0.3, -0.25) is 0 Å². The van der Waals surface area contributed by atoms with Gasteiger partial charge in [-0.1, -0.05) is 194 Å². The summed E-state index contributed by atoms with van der Waals surface area (Å²) in [6.07, 6.45) is 40.9. The van der Waals surface area contributed by atoms with Crippen molar-refractivity contribution in [3.8, 4) is 0 Å². The summed E-state index contributed by atoms with van der Waals surface area (Å²) in [5.41, 5.74) is 0. The van der Waals surface area contributed by atoms with Gasteiger partial charge in [0.05, 0.1) is 12.2 Å². The van der Waals surface area contributed by atoms with Crippen LogP contribution < -0.4 is 0 Å². The summed E-state index contributed by atoms with van der Waals surface area (Å²) in [4.78, 5) is 0. The second kappa shape index (κ2) is 33.1. The molecule has 0 saturated heterocycles. The Morgan fingerprint density at radius 1 is 0.395 bits per heavy atom. The molecule has 0 fully saturated rings. The van der Waals surface area contributed by atoms with Crippen LogP contribution in [0, 0.1) is 0 Å². The molecule has 0 aromatic rings. The molecule has 0 heterocycles. The number of hydrogen-bond acceptors (Lipinski definition) is 2. The van der Waals surface area contributed by atoms with E-state index >= 15 is 0 Å². The molecule has 0 aromatic heterocycles. The van der Waals surface area contributed by atoms with E-state index in [-0.39, 0.29) is 12.2 Å². The Kier molecular flexibility index (Phi) is 33.1. The van der Waals surface area contributed by atoms with Crippen LogP contribution in [0.5, 0.6) is 0 Å². The van der Waals surface area contributed by atoms with Crippen LogP contribution in [0.2, 0.25) is 0 Å². The molecule has 2 nitrogen and oxygen atoms in total. The van der Waals surface area contributed by atoms with E-state index in [9.17, 15) is 5.11 Å². The van der Waals surface area contributed by atoms with Crippen LogP contribution in [0.15, 0.2) is 0 Å². The second-order valence-electron chi connectivity index (χ2n) is 12.5. The molecule has 0 rings (SSSR count). The summed E-state index contributed by atoms with van der Waals surface area (Å²) in [6.45, 7) is 7.45. The molecule has 230 valence electrons. The van der Waals surface area contributed by atoms with Crippen molar-refractivity contribution in [1.82, 2.24) is 0 Å². The number of unbranched alkanes of at least 4 members (excludes halogenated alkanes) is 27. The SMILES string of the molecule is CCCCCCCCCCCCCCCCCCOC(C)C(O)CCCCCCCCCCCCCCC. The van der Waals surface area contributed by atoms with Gasteiger partial charge in [0.2, 0.25) is 0 Å². The first-order valence-corrected chi connectivity index (χ1v) is 18.0. The number of rotatable bonds is 33. The summed E-state index contributed by atoms with van der Waals surface area (Å²) in [5.74, 6) is 0. The Bertz CT molecular complexity index is 410. The van der Waals surface area contributed by atoms with Gasteiger partial charge >= 0.3 is 0 Å². The first kappa shape index (κ1) is 37.9. The van der Waals surface area contributed by atoms with E-state index in [2.05, 4.69) is 20.8 Å². The van der Waals surface area contributed by atoms with E-state index in [4.69, 9.17) is 4.74 Å². The highest BCUT2D eigenvalue weighted by molar-refractivity contribution is 4.64. The first-order chi connectivity index (χ1) is 18.7. The number of aliphatic hydroxyl groups excluding tert-OH is 1. The minimum absolute atomic E-state index is 0.0105. The molecule has 1 N–H and O–H groups in total. The molecule has 0 aliphatic rings. The second-order valence-corrected chi connectivity index (χ2v) is 12.5. The van der Waals surface area contributed by atoms with Crippen molar-refractivity contribution < 1.29 is 9.84 Å². The van der Waals surface area contributed by atoms with Crippen LogP contribution in [0.25, 0.3) is 0 Å². The van der Waals surface area contributed by atoms with Crippen LogP contribution >= 0.6 is 0 Å². The highest BCUT2D eigenvalue weighted by Gasteiger charge is 2.13. The lowest BCUT2D eigenvalue weighted by molar-refractivity contribution is -0.0317. The molecule has 0 amide bonds. The molecule has 0 aliphatic carbocycles. The zero-order chi connectivity index (χ0) is 27.8. The molecule has 2 heteroatoms. The maximum atomic E-state index is 10.4. The summed E-state index contributed by atoms with van der Waals surface area (Å²) < 4.78 is 5.94. The maximum Gasteiger partial charge on any atom is 0.0805 e. The molecule has 0 aliphatic heterocycles. The minimum atomic E-state index is -0.288. The molecular formula is C36H74O2. The lowest BCUT2D eigenvalue weighted by atomic mass is 10.0. The summed E-state index contributed by atoms with van der Waals surface area (Å²) in [5, 5.41) is 10.4. The van der Waals surface area contributed by atoms with E-state index < -0.39 is 0 Å². The fourth-order valence-corrected chi connectivity index (χ4v) is 5.64. The highest BCUT2D eigenvalue weighted by atomic mass is 16.5. The van der Waals surface area contributed by atoms with Gasteiger partial charge < -0.3 is 9.84 Å². The molecule has 0 bridgehead atoms. The number of ether oxygens (including phenoxy) is 1. The molecule has 0 aromatic carbocycles. The number of hydrogen-bond donors (Lipinski definition) is 1. The third-order valence-electron chi connectivity index (χ3n) is 8.52. The van der Waals surface area contributed by atoms with Crippen molar-refractivity contribution in [2.45, 2.75) is 226 Å². The Morgan fingerprint density at radius 3 is 0.974 bits per heavy atom. The largest absolute Gasteiger partial charge is 0.390 e. The Morgan fingerprint density at radius 2 is 0.658 bits per heavy atom. The summed E-state index contributed by atoms with van der Waals surface area (Å²) in [7, 11) is 0. The van der Waals surface area contributed by atoms with Crippen molar-refractivity contribution in [2.75, 3.05) is 6.61 Å². The van der Waals surface area contributed by atoms with Crippen LogP contribution in [-0.4, -0.2) is 23.9 Å². The van der Waals surface area contributed by atoms with Crippen molar-refractivity contribution >= 4 is 0 Å². The predicted octanol–water partition coefficient (Wildman–Crippen LogP) is 12.5. The highest BCUT2D eigenvalue weighted by Crippen LogP contribution is 2.16. The average Bonchev–Trinajstić information content (AvgIpc) is 2.92. The predicted molar refractivity (Wildman–Crippen MR) is 171 cm³/mol. The van der Waals surface area contributed by atoms with Gasteiger partial charge in [-0.2, -0.15) is 0 Å². The van der Waals surface area contributed by atoms with Gasteiger partial charge in [-0.15, -0.1) is 0 Å². The molecule has 2 unspecified atom stereocenters. The maximum absolute atomic E-state index is 10.4. The molecule has 0 saturated carbocycles. The van der Waals surface area contributed by atoms with Crippen LogP contribution in [0.1, 0.15) is 213 Å². The van der Waals surface area contributed by atoms with Gasteiger partial charge in [0.25, 0.3) is 0 Å². The van der Waals surface area contributed by atoms with Crippen molar-refractivity contribution in [1.29, 1.82) is 0 Å². The average molecular weight is 539 g/mol. The topological polar surface area (TPSA) is 29.5 Å². The van der Waals surface area contributed by atoms with Crippen molar-refractivity contribution in [3.05, 3.63) is 0 Å². The standard InChI is InChI=1S/C36H74O2/c1-4-6-8-10-12-14-16-18-19-20-22-24-26-28-30-32-34-38-35(3)36(37)33-31-29-27-25-23-21-17-15-13-11-9-7-5-2/h35-37H,4-34H2,1-3H3. The summed E-state index contributed by atoms with van der Waals surface area (Å²) >= 11 is 0. The van der Waals surface area contributed by atoms with Crippen molar-refractivity contribution in [2.24, 2.45) is 0 Å². The quantitative estimate of drug-likeness (QED) is 0.0842. The Hall–Kier alpha value is -0.0800. The summed E-state index contributed by atoms with van der Waals surface area (Å²) in [6, 6.07) is 0. The number of aliphatic hydroxyl groups is 1. The monoisotopic (exact) mass is 539 g/mol. The zero-order valence-corrected chi connectivity index (χ0v) is 26.9. The van der Waals surface area contributed by atoms with E-state index in [0.29, 0.717) is 0 Å². The van der Waals surface area contributed by atoms with E-state index in [1.165, 1.54) is 173 Å². The Balaban J connectivity index is 3.26. The minimum Gasteiger partial charge on any atom is -0.390 e. The smallest absolute Gasteiger partial charge is 0.0805 e. The van der Waals surface area contributed by atoms with E-state index in [1.54, 1.807) is 0 Å². The lowest BCUT2D eigenvalue weighted by Gasteiger charge is -2.19. The molecule has 2 atom stereocenters. The van der Waals surface area contributed by atoms with Gasteiger partial charge in [0.15, 0.2) is 0 Å². The molecule has 38 heavy (non-hydrogen) atoms. The van der Waals surface area contributed by atoms with Gasteiger partial charge in [-0.25, -0.2) is 0 Å². The third kappa shape index (κ3) is 30.5. The molecular weight excluding hydrogens is 464 g/mol. The van der Waals surface area contributed by atoms with E-state index in [0.717, 1.165) is 25.9 Å². The molecule has 0 spiro atoms. The van der Waals surface area contributed by atoms with Crippen LogP contribution in [0.3, 0.4) is 0 Å². The zero-order valence-electron chi connectivity index (χ0n) is 26.9. The van der Waals surface area contributed by atoms with Gasteiger partial charge in [0.1, 0.15) is 0 Å². The Labute approximate surface area is 241 Å². The van der Waals surface area contributed by atoms with Gasteiger partial charge in [0, 0.05) is 6.61 Å². The fourth-order valence-electron chi connectivity index (χ4n) is 5.64. The fraction of sp³-hybridized carbons (Fsp3) is 1.00. The van der Waals surface area contributed by atoms with Crippen molar-refractivity contribution in [3.63, 3.8) is 0 Å². The van der Waals surface area contributed by atoms with E-state index in [1.807, 2.05) is 0 Å². The normalized spacial score (nSPS) is 13.3. The van der Waals surface area contributed by atoms with Crippen LogP contribution in [0.4, 0.5) is 0 Å².